The molecule has 0 fully saturated rings. The number of primary amides is 1. The third-order valence-electron chi connectivity index (χ3n) is 1.91. The minimum absolute atomic E-state index is 0.534. The van der Waals surface area contributed by atoms with Gasteiger partial charge in [-0.1, -0.05) is 15.9 Å². The lowest BCUT2D eigenvalue weighted by molar-refractivity contribution is -0.126. The summed E-state index contributed by atoms with van der Waals surface area (Å²) in [6, 6.07) is 0. The van der Waals surface area contributed by atoms with Crippen LogP contribution in [0.1, 0.15) is 0 Å². The van der Waals surface area contributed by atoms with Crippen LogP contribution in [-0.4, -0.2) is 22.9 Å². The number of hydrazone groups is 1. The topological polar surface area (TPSA) is 70.7 Å². The van der Waals surface area contributed by atoms with Gasteiger partial charge in [-0.25, -0.2) is 5.01 Å². The van der Waals surface area contributed by atoms with Crippen molar-refractivity contribution in [2.75, 3.05) is 0 Å². The molecule has 0 aromatic heterocycles. The molecule has 1 unspecified atom stereocenters. The number of carbonyl (C=O) groups is 1. The number of carbonyl (C=O) groups excluding carboxylic acids is 1. The van der Waals surface area contributed by atoms with Crippen LogP contribution in [-0.2, 0) is 4.79 Å². The van der Waals surface area contributed by atoms with Crippen LogP contribution in [0, 0.1) is 0 Å². The lowest BCUT2D eigenvalue weighted by atomic mass is 10.1. The highest BCUT2D eigenvalue weighted by atomic mass is 79.9. The summed E-state index contributed by atoms with van der Waals surface area (Å²) in [4.78, 5) is 11.3. The Morgan fingerprint density at radius 1 is 1.85 bits per heavy atom. The first-order valence-corrected chi connectivity index (χ1v) is 4.34. The van der Waals surface area contributed by atoms with Crippen molar-refractivity contribution >= 4 is 28.2 Å². The maximum Gasteiger partial charge on any atom is 0.271 e. The van der Waals surface area contributed by atoms with Gasteiger partial charge in [0.25, 0.3) is 5.91 Å². The van der Waals surface area contributed by atoms with Crippen molar-refractivity contribution in [3.8, 4) is 0 Å². The zero-order valence-corrected chi connectivity index (χ0v) is 8.08. The largest absolute Gasteiger partial charge is 0.366 e. The molecule has 0 bridgehead atoms. The van der Waals surface area contributed by atoms with Crippen molar-refractivity contribution < 1.29 is 4.79 Å². The number of nitrogens with two attached hydrogens (primary N) is 1. The van der Waals surface area contributed by atoms with Crippen LogP contribution in [0.15, 0.2) is 27.9 Å². The number of nitrogens with zero attached hydrogens (tertiary/aromatic N) is 2. The normalized spacial score (nSPS) is 29.6. The molecule has 0 saturated carbocycles. The standard InChI is InChI=1S/C7H6BrN4O/c8-5-2-1-3-12-7(5,6(9)13)10-4-11-12/h1-3H,(H2,9,13)(H,10,11). The monoisotopic (exact) mass is 241 g/mol. The van der Waals surface area contributed by atoms with Crippen molar-refractivity contribution in [3.05, 3.63) is 22.8 Å². The summed E-state index contributed by atoms with van der Waals surface area (Å²) in [5.41, 5.74) is 4.17. The van der Waals surface area contributed by atoms with Gasteiger partial charge in [0.2, 0.25) is 5.66 Å². The molecule has 3 N–H and O–H groups in total. The predicted molar refractivity (Wildman–Crippen MR) is 50.5 cm³/mol. The van der Waals surface area contributed by atoms with Gasteiger partial charge < -0.3 is 11.1 Å². The molecule has 67 valence electrons. The van der Waals surface area contributed by atoms with Crippen LogP contribution in [0.2, 0.25) is 0 Å². The molecule has 2 aliphatic rings. The quantitative estimate of drug-likeness (QED) is 0.663. The van der Waals surface area contributed by atoms with Crippen LogP contribution < -0.4 is 11.1 Å². The van der Waals surface area contributed by atoms with Crippen molar-refractivity contribution in [3.63, 3.8) is 0 Å². The summed E-state index contributed by atoms with van der Waals surface area (Å²) in [7, 11) is 0. The number of halogens is 1. The van der Waals surface area contributed by atoms with Crippen molar-refractivity contribution in [2.45, 2.75) is 5.66 Å². The predicted octanol–water partition coefficient (Wildman–Crippen LogP) is -0.300. The number of allylic oxidation sites excluding steroid dienone is 2. The van der Waals surface area contributed by atoms with Gasteiger partial charge in [-0.05, 0) is 12.2 Å². The smallest absolute Gasteiger partial charge is 0.271 e. The Bertz CT molecular complexity index is 348. The van der Waals surface area contributed by atoms with Gasteiger partial charge in [0.1, 0.15) is 0 Å². The van der Waals surface area contributed by atoms with E-state index in [4.69, 9.17) is 5.73 Å². The second kappa shape index (κ2) is 2.59. The van der Waals surface area contributed by atoms with E-state index in [1.807, 2.05) is 0 Å². The summed E-state index contributed by atoms with van der Waals surface area (Å²) < 4.78 is 0.615. The van der Waals surface area contributed by atoms with E-state index in [9.17, 15) is 4.79 Å². The molecule has 13 heavy (non-hydrogen) atoms. The van der Waals surface area contributed by atoms with Gasteiger partial charge in [0.05, 0.1) is 4.48 Å². The summed E-state index contributed by atoms with van der Waals surface area (Å²) in [6.45, 7) is 0. The van der Waals surface area contributed by atoms with Crippen LogP contribution in [0.5, 0.6) is 0 Å². The molecule has 1 atom stereocenters. The average Bonchev–Trinajstić information content (AvgIpc) is 2.50. The molecule has 0 spiro atoms. The molecule has 0 saturated heterocycles. The first-order chi connectivity index (χ1) is 6.18. The number of hydrogen-bond donors (Lipinski definition) is 2. The first kappa shape index (κ1) is 8.31. The summed E-state index contributed by atoms with van der Waals surface area (Å²) in [5, 5.41) is 7.92. The van der Waals surface area contributed by atoms with E-state index in [0.29, 0.717) is 4.48 Å². The Balaban J connectivity index is 2.50. The minimum atomic E-state index is -1.12. The molecule has 0 aromatic rings. The second-order valence-corrected chi connectivity index (χ2v) is 3.47. The molecular weight excluding hydrogens is 236 g/mol. The molecule has 1 amide bonds. The molecule has 2 heterocycles. The molecule has 5 nitrogen and oxygen atoms in total. The SMILES string of the molecule is NC(=O)C12N[C]=NN1C=CC=C2Br. The van der Waals surface area contributed by atoms with Gasteiger partial charge in [-0.3, -0.25) is 4.79 Å². The molecule has 2 aliphatic heterocycles. The lowest BCUT2D eigenvalue weighted by Crippen LogP contribution is -2.60. The molecule has 0 aromatic carbocycles. The Morgan fingerprint density at radius 3 is 3.23 bits per heavy atom. The van der Waals surface area contributed by atoms with Crippen LogP contribution in [0.4, 0.5) is 0 Å². The molecule has 0 aliphatic carbocycles. The van der Waals surface area contributed by atoms with Crippen molar-refractivity contribution in [1.82, 2.24) is 10.3 Å². The van der Waals surface area contributed by atoms with Gasteiger partial charge in [-0.2, -0.15) is 0 Å². The number of hydrogen-bond acceptors (Lipinski definition) is 4. The fraction of sp³-hybridized carbons (Fsp3) is 0.143. The second-order valence-electron chi connectivity index (χ2n) is 2.61. The van der Waals surface area contributed by atoms with E-state index < -0.39 is 11.6 Å². The van der Waals surface area contributed by atoms with E-state index in [1.165, 1.54) is 5.01 Å². The van der Waals surface area contributed by atoms with Gasteiger partial charge in [-0.15, -0.1) is 5.10 Å². The Kier molecular flexibility index (Phi) is 1.66. The number of amides is 1. The van der Waals surface area contributed by atoms with E-state index in [2.05, 4.69) is 32.7 Å². The number of nitrogens with one attached hydrogen (secondary N) is 1. The summed E-state index contributed by atoms with van der Waals surface area (Å²) >= 11 is 3.26. The zero-order valence-electron chi connectivity index (χ0n) is 6.49. The molecule has 2 rings (SSSR count). The highest BCUT2D eigenvalue weighted by Crippen LogP contribution is 2.32. The van der Waals surface area contributed by atoms with Crippen molar-refractivity contribution in [2.24, 2.45) is 10.8 Å². The highest BCUT2D eigenvalue weighted by molar-refractivity contribution is 9.11. The third kappa shape index (κ3) is 0.918. The fourth-order valence-electron chi connectivity index (χ4n) is 1.23. The summed E-state index contributed by atoms with van der Waals surface area (Å²) in [5.74, 6) is -0.534. The zero-order chi connectivity index (χ0) is 9.47. The average molecular weight is 242 g/mol. The maximum absolute atomic E-state index is 11.3. The van der Waals surface area contributed by atoms with E-state index in [1.54, 1.807) is 18.4 Å². The van der Waals surface area contributed by atoms with E-state index >= 15 is 0 Å². The van der Waals surface area contributed by atoms with Gasteiger partial charge >= 0.3 is 0 Å². The van der Waals surface area contributed by atoms with E-state index in [0.717, 1.165) is 0 Å². The van der Waals surface area contributed by atoms with Crippen LogP contribution in [0.3, 0.4) is 0 Å². The Morgan fingerprint density at radius 2 is 2.62 bits per heavy atom. The lowest BCUT2D eigenvalue weighted by Gasteiger charge is -2.33. The van der Waals surface area contributed by atoms with Gasteiger partial charge in [0.15, 0.2) is 6.34 Å². The Hall–Kier alpha value is -1.30. The molecule has 6 heteroatoms. The van der Waals surface area contributed by atoms with Crippen LogP contribution in [0.25, 0.3) is 0 Å². The molecule has 1 radical (unpaired) electrons. The first-order valence-electron chi connectivity index (χ1n) is 3.54. The molecular formula is C7H6BrN4O. The van der Waals surface area contributed by atoms with E-state index in [-0.39, 0.29) is 0 Å². The Labute approximate surface area is 83.1 Å². The van der Waals surface area contributed by atoms with Gasteiger partial charge in [0, 0.05) is 6.20 Å². The fourth-order valence-corrected chi connectivity index (χ4v) is 1.86. The van der Waals surface area contributed by atoms with Crippen LogP contribution >= 0.6 is 15.9 Å². The van der Waals surface area contributed by atoms with Crippen molar-refractivity contribution in [1.29, 1.82) is 0 Å². The summed E-state index contributed by atoms with van der Waals surface area (Å²) in [6.07, 6.45) is 7.62. The third-order valence-corrected chi connectivity index (χ3v) is 2.75. The highest BCUT2D eigenvalue weighted by Gasteiger charge is 2.48. The number of rotatable bonds is 1. The maximum atomic E-state index is 11.3. The minimum Gasteiger partial charge on any atom is -0.366 e. The number of fused-ring (bicyclic) bond motifs is 1.